The lowest BCUT2D eigenvalue weighted by atomic mass is 9.77. The second kappa shape index (κ2) is 7.72. The Morgan fingerprint density at radius 3 is 2.96 bits per heavy atom. The van der Waals surface area contributed by atoms with E-state index < -0.39 is 0 Å². The molecule has 1 aliphatic heterocycles. The lowest BCUT2D eigenvalue weighted by Gasteiger charge is -2.41. The van der Waals surface area contributed by atoms with Gasteiger partial charge in [-0.3, -0.25) is 5.32 Å². The molecular weight excluding hydrogens is 364 g/mol. The van der Waals surface area contributed by atoms with Crippen LogP contribution in [0, 0.1) is 11.8 Å². The van der Waals surface area contributed by atoms with Crippen LogP contribution in [0.15, 0.2) is 23.7 Å². The zero-order chi connectivity index (χ0) is 18.8. The third kappa shape index (κ3) is 3.85. The second-order valence-electron chi connectivity index (χ2n) is 7.32. The monoisotopic (exact) mass is 388 g/mol. The molecule has 2 aromatic rings. The van der Waals surface area contributed by atoms with E-state index in [1.165, 1.54) is 17.8 Å². The first kappa shape index (κ1) is 18.0. The number of carbonyl (C=O) groups is 1. The molecule has 1 aliphatic carbocycles. The predicted octanol–water partition coefficient (Wildman–Crippen LogP) is 4.13. The average Bonchev–Trinajstić information content (AvgIpc) is 3.33. The molecule has 0 saturated heterocycles. The standard InChI is InChI=1S/C19H24N4O3S/c1-12-4-3-5-15(13(12)2)23(19(24)21-18-22-20-10-27-18)9-14-6-7-16-17(8-14)26-11-25-16/h6-8,10,12-13,15H,3-5,9,11H2,1-2H3,(H,21,22,24)/t12-,13-,15-/m1/s1. The minimum absolute atomic E-state index is 0.129. The van der Waals surface area contributed by atoms with Gasteiger partial charge in [0.15, 0.2) is 11.5 Å². The van der Waals surface area contributed by atoms with Gasteiger partial charge in [-0.2, -0.15) is 0 Å². The van der Waals surface area contributed by atoms with E-state index in [0.717, 1.165) is 29.9 Å². The molecule has 7 nitrogen and oxygen atoms in total. The van der Waals surface area contributed by atoms with Crippen molar-refractivity contribution < 1.29 is 14.3 Å². The highest BCUT2D eigenvalue weighted by Crippen LogP contribution is 2.36. The smallest absolute Gasteiger partial charge is 0.324 e. The number of nitrogens with zero attached hydrogens (tertiary/aromatic N) is 3. The highest BCUT2D eigenvalue weighted by atomic mass is 32.1. The molecule has 0 spiro atoms. The van der Waals surface area contributed by atoms with E-state index >= 15 is 0 Å². The Morgan fingerprint density at radius 2 is 2.15 bits per heavy atom. The number of anilines is 1. The van der Waals surface area contributed by atoms with Crippen molar-refractivity contribution in [1.82, 2.24) is 15.1 Å². The van der Waals surface area contributed by atoms with Gasteiger partial charge in [-0.1, -0.05) is 44.1 Å². The van der Waals surface area contributed by atoms with Crippen molar-refractivity contribution in [2.45, 2.75) is 45.7 Å². The number of fused-ring (bicyclic) bond motifs is 1. The van der Waals surface area contributed by atoms with Gasteiger partial charge >= 0.3 is 6.03 Å². The van der Waals surface area contributed by atoms with Crippen LogP contribution < -0.4 is 14.8 Å². The van der Waals surface area contributed by atoms with Crippen molar-refractivity contribution in [2.24, 2.45) is 11.8 Å². The predicted molar refractivity (Wildman–Crippen MR) is 103 cm³/mol. The summed E-state index contributed by atoms with van der Waals surface area (Å²) in [6.45, 7) is 5.29. The van der Waals surface area contributed by atoms with Gasteiger partial charge in [-0.15, -0.1) is 10.2 Å². The van der Waals surface area contributed by atoms with E-state index in [1.54, 1.807) is 5.51 Å². The number of hydrogen-bond acceptors (Lipinski definition) is 6. The maximum absolute atomic E-state index is 13.1. The molecule has 27 heavy (non-hydrogen) atoms. The van der Waals surface area contributed by atoms with Crippen LogP contribution in [0.25, 0.3) is 0 Å². The van der Waals surface area contributed by atoms with Gasteiger partial charge in [0, 0.05) is 12.6 Å². The molecule has 144 valence electrons. The minimum atomic E-state index is -0.129. The Balaban J connectivity index is 1.57. The van der Waals surface area contributed by atoms with Crippen LogP contribution in [0.1, 0.15) is 38.7 Å². The van der Waals surface area contributed by atoms with Gasteiger partial charge in [0.2, 0.25) is 11.9 Å². The van der Waals surface area contributed by atoms with Crippen LogP contribution in [0.4, 0.5) is 9.93 Å². The molecule has 1 N–H and O–H groups in total. The lowest BCUT2D eigenvalue weighted by Crippen LogP contribution is -2.48. The topological polar surface area (TPSA) is 76.6 Å². The van der Waals surface area contributed by atoms with Gasteiger partial charge in [-0.05, 0) is 36.0 Å². The molecule has 0 unspecified atom stereocenters. The minimum Gasteiger partial charge on any atom is -0.454 e. The molecule has 1 aromatic carbocycles. The van der Waals surface area contributed by atoms with Crippen molar-refractivity contribution in [3.63, 3.8) is 0 Å². The number of hydrogen-bond donors (Lipinski definition) is 1. The maximum atomic E-state index is 13.1. The van der Waals surface area contributed by atoms with Crippen molar-refractivity contribution in [2.75, 3.05) is 12.1 Å². The van der Waals surface area contributed by atoms with E-state index in [4.69, 9.17) is 9.47 Å². The van der Waals surface area contributed by atoms with Crippen LogP contribution in [0.5, 0.6) is 11.5 Å². The summed E-state index contributed by atoms with van der Waals surface area (Å²) in [6, 6.07) is 5.92. The number of ether oxygens (including phenoxy) is 2. The fourth-order valence-electron chi connectivity index (χ4n) is 3.96. The van der Waals surface area contributed by atoms with Gasteiger partial charge < -0.3 is 14.4 Å². The molecule has 1 aromatic heterocycles. The van der Waals surface area contributed by atoms with Crippen molar-refractivity contribution in [1.29, 1.82) is 0 Å². The Kier molecular flexibility index (Phi) is 5.15. The molecule has 1 fully saturated rings. The maximum Gasteiger partial charge on any atom is 0.324 e. The highest BCUT2D eigenvalue weighted by Gasteiger charge is 2.34. The van der Waals surface area contributed by atoms with E-state index in [1.807, 2.05) is 23.1 Å². The summed E-state index contributed by atoms with van der Waals surface area (Å²) in [4.78, 5) is 15.0. The molecule has 4 rings (SSSR count). The Bertz CT molecular complexity index is 798. The summed E-state index contributed by atoms with van der Waals surface area (Å²) in [5.41, 5.74) is 2.64. The third-order valence-electron chi connectivity index (χ3n) is 5.69. The number of rotatable bonds is 4. The van der Waals surface area contributed by atoms with Crippen molar-refractivity contribution in [3.8, 4) is 11.5 Å². The van der Waals surface area contributed by atoms with Crippen LogP contribution in [0.2, 0.25) is 0 Å². The van der Waals surface area contributed by atoms with E-state index in [-0.39, 0.29) is 18.9 Å². The molecule has 1 saturated carbocycles. The van der Waals surface area contributed by atoms with Crippen molar-refractivity contribution in [3.05, 3.63) is 29.3 Å². The SMILES string of the molecule is C[C@@H]1[C@H](C)CCC[C@H]1N(Cc1ccc2c(c1)OCO2)C(=O)Nc1nncs1. The second-order valence-corrected chi connectivity index (χ2v) is 8.16. The zero-order valence-corrected chi connectivity index (χ0v) is 16.4. The van der Waals surface area contributed by atoms with E-state index in [0.29, 0.717) is 23.5 Å². The molecule has 3 atom stereocenters. The molecule has 8 heteroatoms. The Hall–Kier alpha value is -2.35. The Labute approximate surface area is 162 Å². The fraction of sp³-hybridized carbons (Fsp3) is 0.526. The quantitative estimate of drug-likeness (QED) is 0.852. The third-order valence-corrected chi connectivity index (χ3v) is 6.30. The molecule has 0 bridgehead atoms. The van der Waals surface area contributed by atoms with Gasteiger partial charge in [0.1, 0.15) is 5.51 Å². The summed E-state index contributed by atoms with van der Waals surface area (Å²) in [6.07, 6.45) is 3.37. The highest BCUT2D eigenvalue weighted by molar-refractivity contribution is 7.13. The van der Waals surface area contributed by atoms with Crippen LogP contribution in [-0.2, 0) is 6.54 Å². The summed E-state index contributed by atoms with van der Waals surface area (Å²) in [7, 11) is 0. The summed E-state index contributed by atoms with van der Waals surface area (Å²) in [5.74, 6) is 2.52. The van der Waals surface area contributed by atoms with Gasteiger partial charge in [0.25, 0.3) is 0 Å². The molecule has 0 radical (unpaired) electrons. The first-order valence-corrected chi connectivity index (χ1v) is 10.2. The molecular formula is C19H24N4O3S. The first-order valence-electron chi connectivity index (χ1n) is 9.34. The first-order chi connectivity index (χ1) is 13.1. The van der Waals surface area contributed by atoms with Crippen LogP contribution in [-0.4, -0.2) is 34.0 Å². The molecule has 2 aliphatic rings. The number of aromatic nitrogens is 2. The number of benzene rings is 1. The van der Waals surface area contributed by atoms with Crippen molar-refractivity contribution >= 4 is 22.5 Å². The number of urea groups is 1. The normalized spacial score (nSPS) is 23.9. The number of amides is 2. The van der Waals surface area contributed by atoms with E-state index in [9.17, 15) is 4.79 Å². The zero-order valence-electron chi connectivity index (χ0n) is 15.6. The largest absolute Gasteiger partial charge is 0.454 e. The van der Waals surface area contributed by atoms with Crippen LogP contribution >= 0.6 is 11.3 Å². The molecule has 2 heterocycles. The summed E-state index contributed by atoms with van der Waals surface area (Å²) >= 11 is 1.32. The fourth-order valence-corrected chi connectivity index (χ4v) is 4.39. The van der Waals surface area contributed by atoms with E-state index in [2.05, 4.69) is 29.4 Å². The van der Waals surface area contributed by atoms with Crippen LogP contribution in [0.3, 0.4) is 0 Å². The van der Waals surface area contributed by atoms with Gasteiger partial charge in [0.05, 0.1) is 0 Å². The summed E-state index contributed by atoms with van der Waals surface area (Å²) in [5, 5.41) is 11.2. The Morgan fingerprint density at radius 1 is 1.30 bits per heavy atom. The summed E-state index contributed by atoms with van der Waals surface area (Å²) < 4.78 is 10.9. The number of carbonyl (C=O) groups excluding carboxylic acids is 1. The van der Waals surface area contributed by atoms with Gasteiger partial charge in [-0.25, -0.2) is 4.79 Å². The molecule has 2 amide bonds. The average molecular weight is 388 g/mol. The number of nitrogens with one attached hydrogen (secondary N) is 1. The lowest BCUT2D eigenvalue weighted by molar-refractivity contribution is 0.102.